The zero-order chi connectivity index (χ0) is 10.8. The van der Waals surface area contributed by atoms with Crippen LogP contribution in [-0.2, 0) is 0 Å². The van der Waals surface area contributed by atoms with Crippen molar-refractivity contribution in [3.05, 3.63) is 53.3 Å². The van der Waals surface area contributed by atoms with E-state index in [1.54, 1.807) is 0 Å². The predicted molar refractivity (Wildman–Crippen MR) is 62.7 cm³/mol. The van der Waals surface area contributed by atoms with Crippen LogP contribution in [0.25, 0.3) is 11.1 Å². The molecule has 75 valence electrons. The van der Waals surface area contributed by atoms with Crippen LogP contribution in [0.4, 0.5) is 0 Å². The first kappa shape index (κ1) is 9.91. The van der Waals surface area contributed by atoms with Crippen molar-refractivity contribution in [2.45, 2.75) is 20.8 Å². The Kier molecular flexibility index (Phi) is 2.55. The lowest BCUT2D eigenvalue weighted by Gasteiger charge is -2.06. The average molecular weight is 196 g/mol. The smallest absolute Gasteiger partial charge is 0.0373 e. The SMILES string of the molecule is Cc1[c]c(C)c(-c2ccc(C)nc2)cc1. The molecular formula is C14H14N. The Balaban J connectivity index is 2.49. The Morgan fingerprint density at radius 3 is 2.40 bits per heavy atom. The van der Waals surface area contributed by atoms with Gasteiger partial charge in [0.15, 0.2) is 0 Å². The standard InChI is InChI=1S/C14H14N/c1-10-4-7-14(11(2)8-10)13-6-5-12(3)15-9-13/h4-7,9H,1-3H3. The number of hydrogen-bond donors (Lipinski definition) is 0. The van der Waals surface area contributed by atoms with E-state index in [1.165, 1.54) is 16.7 Å². The summed E-state index contributed by atoms with van der Waals surface area (Å²) in [7, 11) is 0. The molecule has 1 aromatic heterocycles. The van der Waals surface area contributed by atoms with E-state index in [2.05, 4.69) is 43.1 Å². The van der Waals surface area contributed by atoms with Crippen molar-refractivity contribution >= 4 is 0 Å². The highest BCUT2D eigenvalue weighted by Gasteiger charge is 2.01. The summed E-state index contributed by atoms with van der Waals surface area (Å²) in [5.41, 5.74) is 5.78. The number of pyridine rings is 1. The van der Waals surface area contributed by atoms with Crippen LogP contribution >= 0.6 is 0 Å². The second-order valence-electron chi connectivity index (χ2n) is 3.87. The third-order valence-electron chi connectivity index (χ3n) is 2.51. The van der Waals surface area contributed by atoms with E-state index < -0.39 is 0 Å². The van der Waals surface area contributed by atoms with Gasteiger partial charge in [-0.2, -0.15) is 0 Å². The fraction of sp³-hybridized carbons (Fsp3) is 0.214. The number of nitrogens with zero attached hydrogens (tertiary/aromatic N) is 1. The van der Waals surface area contributed by atoms with Gasteiger partial charge in [-0.3, -0.25) is 4.98 Å². The lowest BCUT2D eigenvalue weighted by Crippen LogP contribution is -1.87. The third kappa shape index (κ3) is 2.07. The van der Waals surface area contributed by atoms with Gasteiger partial charge in [0.25, 0.3) is 0 Å². The van der Waals surface area contributed by atoms with Gasteiger partial charge in [0.1, 0.15) is 0 Å². The van der Waals surface area contributed by atoms with Crippen molar-refractivity contribution < 1.29 is 0 Å². The quantitative estimate of drug-likeness (QED) is 0.680. The van der Waals surface area contributed by atoms with Crippen molar-refractivity contribution in [1.29, 1.82) is 0 Å². The van der Waals surface area contributed by atoms with E-state index in [0.717, 1.165) is 11.3 Å². The Hall–Kier alpha value is -1.63. The van der Waals surface area contributed by atoms with Crippen molar-refractivity contribution in [3.63, 3.8) is 0 Å². The number of aryl methyl sites for hydroxylation is 3. The van der Waals surface area contributed by atoms with Crippen LogP contribution in [0.3, 0.4) is 0 Å². The van der Waals surface area contributed by atoms with Crippen molar-refractivity contribution in [3.8, 4) is 11.1 Å². The minimum Gasteiger partial charge on any atom is -0.261 e. The second kappa shape index (κ2) is 3.85. The Bertz CT molecular complexity index is 469. The van der Waals surface area contributed by atoms with Gasteiger partial charge in [-0.05, 0) is 49.6 Å². The summed E-state index contributed by atoms with van der Waals surface area (Å²) in [6.07, 6.45) is 1.92. The molecule has 0 fully saturated rings. The molecule has 1 radical (unpaired) electrons. The highest BCUT2D eigenvalue weighted by molar-refractivity contribution is 5.66. The number of benzene rings is 1. The molecule has 0 saturated heterocycles. The minimum absolute atomic E-state index is 1.05. The predicted octanol–water partition coefficient (Wildman–Crippen LogP) is 3.47. The molecule has 0 unspecified atom stereocenters. The van der Waals surface area contributed by atoms with Crippen LogP contribution in [0.1, 0.15) is 16.8 Å². The highest BCUT2D eigenvalue weighted by Crippen LogP contribution is 2.22. The maximum atomic E-state index is 4.31. The fourth-order valence-corrected chi connectivity index (χ4v) is 1.68. The van der Waals surface area contributed by atoms with Crippen LogP contribution in [0.15, 0.2) is 30.5 Å². The van der Waals surface area contributed by atoms with E-state index >= 15 is 0 Å². The van der Waals surface area contributed by atoms with Crippen LogP contribution in [0.2, 0.25) is 0 Å². The Morgan fingerprint density at radius 2 is 1.80 bits per heavy atom. The molecule has 0 atom stereocenters. The summed E-state index contributed by atoms with van der Waals surface area (Å²) in [5.74, 6) is 0. The molecule has 0 aliphatic rings. The Labute approximate surface area is 90.8 Å². The summed E-state index contributed by atoms with van der Waals surface area (Å²) in [6.45, 7) is 6.14. The summed E-state index contributed by atoms with van der Waals surface area (Å²) >= 11 is 0. The van der Waals surface area contributed by atoms with Crippen molar-refractivity contribution in [2.75, 3.05) is 0 Å². The molecule has 2 aromatic rings. The van der Waals surface area contributed by atoms with Gasteiger partial charge >= 0.3 is 0 Å². The molecule has 0 spiro atoms. The lowest BCUT2D eigenvalue weighted by molar-refractivity contribution is 1.20. The van der Waals surface area contributed by atoms with E-state index in [0.29, 0.717) is 0 Å². The van der Waals surface area contributed by atoms with Crippen LogP contribution in [-0.4, -0.2) is 4.98 Å². The maximum Gasteiger partial charge on any atom is 0.0373 e. The zero-order valence-corrected chi connectivity index (χ0v) is 9.33. The van der Waals surface area contributed by atoms with Gasteiger partial charge in [-0.1, -0.05) is 18.2 Å². The minimum atomic E-state index is 1.05. The van der Waals surface area contributed by atoms with E-state index in [9.17, 15) is 0 Å². The van der Waals surface area contributed by atoms with Crippen LogP contribution < -0.4 is 0 Å². The van der Waals surface area contributed by atoms with E-state index in [4.69, 9.17) is 0 Å². The highest BCUT2D eigenvalue weighted by atomic mass is 14.7. The third-order valence-corrected chi connectivity index (χ3v) is 2.51. The van der Waals surface area contributed by atoms with Gasteiger partial charge in [-0.15, -0.1) is 0 Å². The van der Waals surface area contributed by atoms with Crippen molar-refractivity contribution in [2.24, 2.45) is 0 Å². The first-order chi connectivity index (χ1) is 7.16. The number of hydrogen-bond acceptors (Lipinski definition) is 1. The van der Waals surface area contributed by atoms with Gasteiger partial charge < -0.3 is 0 Å². The molecule has 0 bridgehead atoms. The van der Waals surface area contributed by atoms with Crippen LogP contribution in [0.5, 0.6) is 0 Å². The average Bonchev–Trinajstić information content (AvgIpc) is 2.20. The Morgan fingerprint density at radius 1 is 1.00 bits per heavy atom. The lowest BCUT2D eigenvalue weighted by atomic mass is 10.00. The summed E-state index contributed by atoms with van der Waals surface area (Å²) in [6, 6.07) is 11.7. The largest absolute Gasteiger partial charge is 0.261 e. The molecule has 1 heterocycles. The molecule has 1 nitrogen and oxygen atoms in total. The molecule has 1 aromatic carbocycles. The molecule has 0 saturated carbocycles. The fourth-order valence-electron chi connectivity index (χ4n) is 1.68. The second-order valence-corrected chi connectivity index (χ2v) is 3.87. The molecule has 0 aliphatic carbocycles. The zero-order valence-electron chi connectivity index (χ0n) is 9.33. The molecule has 15 heavy (non-hydrogen) atoms. The topological polar surface area (TPSA) is 12.9 Å². The van der Waals surface area contributed by atoms with Gasteiger partial charge in [0.05, 0.1) is 0 Å². The first-order valence-corrected chi connectivity index (χ1v) is 5.09. The monoisotopic (exact) mass is 196 g/mol. The molecular weight excluding hydrogens is 182 g/mol. The molecule has 0 N–H and O–H groups in total. The van der Waals surface area contributed by atoms with Gasteiger partial charge in [0.2, 0.25) is 0 Å². The summed E-state index contributed by atoms with van der Waals surface area (Å²) in [5, 5.41) is 0. The van der Waals surface area contributed by atoms with Crippen molar-refractivity contribution in [1.82, 2.24) is 4.98 Å². The van der Waals surface area contributed by atoms with Crippen LogP contribution in [0, 0.1) is 26.8 Å². The summed E-state index contributed by atoms with van der Waals surface area (Å²) in [4.78, 5) is 4.31. The molecule has 0 amide bonds. The van der Waals surface area contributed by atoms with E-state index in [-0.39, 0.29) is 0 Å². The van der Waals surface area contributed by atoms with E-state index in [1.807, 2.05) is 19.2 Å². The molecule has 0 aliphatic heterocycles. The normalized spacial score (nSPS) is 10.3. The summed E-state index contributed by atoms with van der Waals surface area (Å²) < 4.78 is 0. The number of rotatable bonds is 1. The van der Waals surface area contributed by atoms with Gasteiger partial charge in [0, 0.05) is 17.5 Å². The molecule has 2 rings (SSSR count). The maximum absolute atomic E-state index is 4.31. The van der Waals surface area contributed by atoms with Gasteiger partial charge in [-0.25, -0.2) is 0 Å². The number of aromatic nitrogens is 1. The first-order valence-electron chi connectivity index (χ1n) is 5.09. The molecule has 1 heteroatoms.